The number of imide groups is 1. The Labute approximate surface area is 181 Å². The number of nitrogens with one attached hydrogen (secondary N) is 2. The summed E-state index contributed by atoms with van der Waals surface area (Å²) in [6.45, 7) is 1.85. The van der Waals surface area contributed by atoms with Gasteiger partial charge in [-0.05, 0) is 37.3 Å². The van der Waals surface area contributed by atoms with Crippen LogP contribution in [-0.4, -0.2) is 49.7 Å². The van der Waals surface area contributed by atoms with E-state index in [0.717, 1.165) is 43.4 Å². The van der Waals surface area contributed by atoms with E-state index in [-0.39, 0.29) is 18.9 Å². The van der Waals surface area contributed by atoms with Crippen molar-refractivity contribution in [3.05, 3.63) is 53.1 Å². The summed E-state index contributed by atoms with van der Waals surface area (Å²) in [6.07, 6.45) is 0. The highest BCUT2D eigenvalue weighted by Crippen LogP contribution is 2.44. The van der Waals surface area contributed by atoms with Gasteiger partial charge in [-0.2, -0.15) is 0 Å². The van der Waals surface area contributed by atoms with Crippen LogP contribution in [0.5, 0.6) is 5.75 Å². The number of hydrogen-bond acceptors (Lipinski definition) is 5. The molecule has 3 aromatic carbocycles. The van der Waals surface area contributed by atoms with Crippen LogP contribution >= 0.6 is 0 Å². The van der Waals surface area contributed by atoms with Crippen LogP contribution in [0.4, 0.5) is 0 Å². The molecule has 0 bridgehead atoms. The lowest BCUT2D eigenvalue weighted by molar-refractivity contribution is 0.0557. The number of aliphatic hydroxyl groups excluding tert-OH is 1. The minimum Gasteiger partial charge on any atom is -0.508 e. The summed E-state index contributed by atoms with van der Waals surface area (Å²) in [5, 5.41) is 23.2. The molecule has 0 radical (unpaired) electrons. The van der Waals surface area contributed by atoms with Crippen LogP contribution in [0.3, 0.4) is 0 Å². The third-order valence-electron chi connectivity index (χ3n) is 6.34. The van der Waals surface area contributed by atoms with Gasteiger partial charge in [-0.25, -0.2) is 10.4 Å². The molecule has 0 spiro atoms. The number of fused-ring (bicyclic) bond motifs is 10. The van der Waals surface area contributed by atoms with Crippen molar-refractivity contribution in [2.45, 2.75) is 6.92 Å². The molecule has 0 saturated heterocycles. The van der Waals surface area contributed by atoms with E-state index in [1.54, 1.807) is 18.2 Å². The van der Waals surface area contributed by atoms with Crippen molar-refractivity contribution in [3.8, 4) is 5.75 Å². The second kappa shape index (κ2) is 6.32. The van der Waals surface area contributed by atoms with Gasteiger partial charge in [0, 0.05) is 46.2 Å². The molecule has 5 aromatic rings. The molecule has 0 fully saturated rings. The molecule has 2 amide bonds. The fraction of sp³-hybridized carbons (Fsp3) is 0.167. The van der Waals surface area contributed by atoms with Crippen LogP contribution in [0, 0.1) is 6.92 Å². The molecule has 0 atom stereocenters. The number of phenolic OH excluding ortho intramolecular Hbond substituents is 1. The molecule has 1 aliphatic rings. The number of amides is 2. The number of hydrazine groups is 1. The molecule has 0 aliphatic carbocycles. The Bertz CT molecular complexity index is 1640. The highest BCUT2D eigenvalue weighted by atomic mass is 16.3. The normalized spacial score (nSPS) is 14.0. The molecule has 0 saturated carbocycles. The minimum absolute atomic E-state index is 0.0705. The first-order valence-corrected chi connectivity index (χ1v) is 10.3. The zero-order chi connectivity index (χ0) is 22.3. The molecule has 3 heterocycles. The molecule has 0 unspecified atom stereocenters. The number of aryl methyl sites for hydroxylation is 2. The van der Waals surface area contributed by atoms with Crippen molar-refractivity contribution in [3.63, 3.8) is 0 Å². The van der Waals surface area contributed by atoms with Gasteiger partial charge < -0.3 is 19.8 Å². The zero-order valence-electron chi connectivity index (χ0n) is 17.5. The zero-order valence-corrected chi connectivity index (χ0v) is 17.5. The van der Waals surface area contributed by atoms with Crippen molar-refractivity contribution < 1.29 is 19.8 Å². The number of phenols is 1. The number of H-pyrrole nitrogens is 1. The van der Waals surface area contributed by atoms with Gasteiger partial charge in [-0.1, -0.05) is 11.6 Å². The van der Waals surface area contributed by atoms with E-state index in [0.29, 0.717) is 21.9 Å². The standard InChI is InChI=1S/C24H20N4O4/c1-11-3-6-16-14(9-11)18-20-19(23(31)28(24(20)32)25-7-8-29)17-13-10-12(30)4-5-15(13)26-21(17)22(18)27(16)2/h3-6,9-10,25-26,29-30H,7-8H2,1-2H3. The van der Waals surface area contributed by atoms with Gasteiger partial charge in [0.2, 0.25) is 0 Å². The van der Waals surface area contributed by atoms with Crippen molar-refractivity contribution in [2.24, 2.45) is 7.05 Å². The lowest BCUT2D eigenvalue weighted by atomic mass is 9.96. The topological polar surface area (TPSA) is 111 Å². The summed E-state index contributed by atoms with van der Waals surface area (Å²) in [5.41, 5.74) is 7.69. The van der Waals surface area contributed by atoms with E-state index in [1.165, 1.54) is 0 Å². The third-order valence-corrected chi connectivity index (χ3v) is 6.34. The first-order chi connectivity index (χ1) is 15.4. The number of carbonyl (C=O) groups is 2. The van der Waals surface area contributed by atoms with Crippen LogP contribution < -0.4 is 5.43 Å². The van der Waals surface area contributed by atoms with Gasteiger partial charge in [0.05, 0.1) is 28.8 Å². The first kappa shape index (κ1) is 18.9. The average molecular weight is 428 g/mol. The maximum Gasteiger partial charge on any atom is 0.276 e. The number of aromatic nitrogens is 2. The molecule has 6 rings (SSSR count). The van der Waals surface area contributed by atoms with Crippen LogP contribution in [0.15, 0.2) is 36.4 Å². The highest BCUT2D eigenvalue weighted by molar-refractivity contribution is 6.39. The average Bonchev–Trinajstić information content (AvgIpc) is 3.35. The van der Waals surface area contributed by atoms with E-state index in [9.17, 15) is 19.8 Å². The Morgan fingerprint density at radius 1 is 1.00 bits per heavy atom. The monoisotopic (exact) mass is 428 g/mol. The molecular weight excluding hydrogens is 408 g/mol. The Hall–Kier alpha value is -3.88. The molecular formula is C24H20N4O4. The van der Waals surface area contributed by atoms with Crippen molar-refractivity contribution >= 4 is 55.4 Å². The predicted molar refractivity (Wildman–Crippen MR) is 122 cm³/mol. The number of aromatic amines is 1. The number of rotatable bonds is 3. The Morgan fingerprint density at radius 3 is 2.50 bits per heavy atom. The van der Waals surface area contributed by atoms with E-state index in [1.807, 2.05) is 36.7 Å². The molecule has 160 valence electrons. The Kier molecular flexibility index (Phi) is 3.72. The summed E-state index contributed by atoms with van der Waals surface area (Å²) >= 11 is 0. The summed E-state index contributed by atoms with van der Waals surface area (Å²) in [6, 6.07) is 11.0. The lowest BCUT2D eigenvalue weighted by Gasteiger charge is -2.13. The van der Waals surface area contributed by atoms with E-state index in [4.69, 9.17) is 0 Å². The second-order valence-corrected chi connectivity index (χ2v) is 8.24. The SMILES string of the molecule is Cc1ccc2c(c1)c1c3c(c4c5cc(O)ccc5[nH]c4c1n2C)C(=O)N(NCCO)C3=O. The molecule has 8 heteroatoms. The molecule has 1 aliphatic heterocycles. The van der Waals surface area contributed by atoms with E-state index in [2.05, 4.69) is 10.4 Å². The van der Waals surface area contributed by atoms with Crippen LogP contribution in [0.1, 0.15) is 26.3 Å². The lowest BCUT2D eigenvalue weighted by Crippen LogP contribution is -2.43. The quantitative estimate of drug-likeness (QED) is 0.330. The van der Waals surface area contributed by atoms with Crippen molar-refractivity contribution in [1.82, 2.24) is 20.0 Å². The maximum absolute atomic E-state index is 13.5. The summed E-state index contributed by atoms with van der Waals surface area (Å²) < 4.78 is 2.03. The van der Waals surface area contributed by atoms with Crippen molar-refractivity contribution in [1.29, 1.82) is 0 Å². The summed E-state index contributed by atoms with van der Waals surface area (Å²) in [4.78, 5) is 30.4. The maximum atomic E-state index is 13.5. The number of nitrogens with zero attached hydrogens (tertiary/aromatic N) is 2. The number of aromatic hydroxyl groups is 1. The number of aliphatic hydroxyl groups is 1. The summed E-state index contributed by atoms with van der Waals surface area (Å²) in [5.74, 6) is -0.847. The fourth-order valence-corrected chi connectivity index (χ4v) is 5.02. The fourth-order valence-electron chi connectivity index (χ4n) is 5.02. The highest BCUT2D eigenvalue weighted by Gasteiger charge is 2.41. The molecule has 8 nitrogen and oxygen atoms in total. The van der Waals surface area contributed by atoms with E-state index < -0.39 is 11.8 Å². The van der Waals surface area contributed by atoms with Gasteiger partial charge in [-0.3, -0.25) is 9.59 Å². The Balaban J connectivity index is 1.88. The van der Waals surface area contributed by atoms with Gasteiger partial charge >= 0.3 is 0 Å². The van der Waals surface area contributed by atoms with E-state index >= 15 is 0 Å². The van der Waals surface area contributed by atoms with Crippen molar-refractivity contribution in [2.75, 3.05) is 13.2 Å². The van der Waals surface area contributed by atoms with Crippen LogP contribution in [0.2, 0.25) is 0 Å². The Morgan fingerprint density at radius 2 is 1.75 bits per heavy atom. The largest absolute Gasteiger partial charge is 0.508 e. The predicted octanol–water partition coefficient (Wildman–Crippen LogP) is 3.07. The van der Waals surface area contributed by atoms with Crippen LogP contribution in [0.25, 0.3) is 43.6 Å². The number of hydrogen-bond donors (Lipinski definition) is 4. The molecule has 32 heavy (non-hydrogen) atoms. The first-order valence-electron chi connectivity index (χ1n) is 10.3. The van der Waals surface area contributed by atoms with Gasteiger partial charge in [0.15, 0.2) is 0 Å². The minimum atomic E-state index is -0.473. The van der Waals surface area contributed by atoms with Gasteiger partial charge in [-0.15, -0.1) is 0 Å². The van der Waals surface area contributed by atoms with Gasteiger partial charge in [0.25, 0.3) is 11.8 Å². The molecule has 4 N–H and O–H groups in total. The van der Waals surface area contributed by atoms with Gasteiger partial charge in [0.1, 0.15) is 5.75 Å². The second-order valence-electron chi connectivity index (χ2n) is 8.24. The number of benzene rings is 3. The third kappa shape index (κ3) is 2.22. The van der Waals surface area contributed by atoms with Crippen LogP contribution in [-0.2, 0) is 7.05 Å². The summed E-state index contributed by atoms with van der Waals surface area (Å²) in [7, 11) is 1.94. The number of carbonyl (C=O) groups excluding carboxylic acids is 2. The molecule has 2 aromatic heterocycles. The smallest absolute Gasteiger partial charge is 0.276 e.